The summed E-state index contributed by atoms with van der Waals surface area (Å²) < 4.78 is 4.05. The van der Waals surface area contributed by atoms with Gasteiger partial charge >= 0.3 is 0 Å². The standard InChI is InChI=1S/C12H23N3S/c1-5-6-7-8-9(13)10-11(12(2,3)4)14-15-16-10/h9H,5-8,13H2,1-4H3. The second kappa shape index (κ2) is 5.73. The second-order valence-corrected chi connectivity index (χ2v) is 6.12. The Labute approximate surface area is 103 Å². The summed E-state index contributed by atoms with van der Waals surface area (Å²) in [5, 5.41) is 4.23. The highest BCUT2D eigenvalue weighted by molar-refractivity contribution is 7.05. The van der Waals surface area contributed by atoms with Crippen molar-refractivity contribution in [2.75, 3.05) is 0 Å². The Bertz CT molecular complexity index is 314. The van der Waals surface area contributed by atoms with Crippen molar-refractivity contribution < 1.29 is 0 Å². The molecule has 0 radical (unpaired) electrons. The van der Waals surface area contributed by atoms with Crippen LogP contribution in [0.3, 0.4) is 0 Å². The predicted molar refractivity (Wildman–Crippen MR) is 69.7 cm³/mol. The fourth-order valence-corrected chi connectivity index (χ4v) is 2.60. The predicted octanol–water partition coefficient (Wildman–Crippen LogP) is 3.42. The maximum absolute atomic E-state index is 6.21. The second-order valence-electron chi connectivity index (χ2n) is 5.34. The number of rotatable bonds is 5. The molecule has 1 aromatic rings. The monoisotopic (exact) mass is 241 g/mol. The highest BCUT2D eigenvalue weighted by Crippen LogP contribution is 2.31. The molecule has 16 heavy (non-hydrogen) atoms. The first kappa shape index (κ1) is 13.6. The zero-order chi connectivity index (χ0) is 12.2. The van der Waals surface area contributed by atoms with Crippen molar-refractivity contribution in [1.29, 1.82) is 0 Å². The molecule has 0 aliphatic carbocycles. The zero-order valence-corrected chi connectivity index (χ0v) is 11.6. The van der Waals surface area contributed by atoms with Crippen LogP contribution in [0.2, 0.25) is 0 Å². The molecule has 92 valence electrons. The van der Waals surface area contributed by atoms with Gasteiger partial charge in [0.15, 0.2) is 0 Å². The maximum atomic E-state index is 6.21. The fourth-order valence-electron chi connectivity index (χ4n) is 1.71. The molecule has 2 N–H and O–H groups in total. The van der Waals surface area contributed by atoms with Gasteiger partial charge in [-0.15, -0.1) is 5.10 Å². The van der Waals surface area contributed by atoms with Crippen LogP contribution >= 0.6 is 11.5 Å². The number of nitrogens with zero attached hydrogens (tertiary/aromatic N) is 2. The van der Waals surface area contributed by atoms with Crippen LogP contribution in [0.15, 0.2) is 0 Å². The molecule has 1 aromatic heterocycles. The highest BCUT2D eigenvalue weighted by Gasteiger charge is 2.25. The summed E-state index contributed by atoms with van der Waals surface area (Å²) in [6, 6.07) is 0.112. The van der Waals surface area contributed by atoms with E-state index in [9.17, 15) is 0 Å². The molecule has 0 bridgehead atoms. The Morgan fingerprint density at radius 1 is 1.31 bits per heavy atom. The Kier molecular flexibility index (Phi) is 4.87. The summed E-state index contributed by atoms with van der Waals surface area (Å²) in [4.78, 5) is 1.17. The Hall–Kier alpha value is -0.480. The van der Waals surface area contributed by atoms with E-state index < -0.39 is 0 Å². The van der Waals surface area contributed by atoms with E-state index in [4.69, 9.17) is 5.73 Å². The minimum absolute atomic E-state index is 0.0463. The first-order chi connectivity index (χ1) is 7.46. The van der Waals surface area contributed by atoms with E-state index in [0.717, 1.165) is 12.1 Å². The van der Waals surface area contributed by atoms with E-state index in [1.807, 2.05) is 0 Å². The summed E-state index contributed by atoms with van der Waals surface area (Å²) in [6.07, 6.45) is 4.73. The van der Waals surface area contributed by atoms with Crippen molar-refractivity contribution in [1.82, 2.24) is 9.59 Å². The zero-order valence-electron chi connectivity index (χ0n) is 10.8. The smallest absolute Gasteiger partial charge is 0.0856 e. The van der Waals surface area contributed by atoms with Gasteiger partial charge in [0.2, 0.25) is 0 Å². The highest BCUT2D eigenvalue weighted by atomic mass is 32.1. The first-order valence-electron chi connectivity index (χ1n) is 6.05. The lowest BCUT2D eigenvalue weighted by molar-refractivity contribution is 0.533. The quantitative estimate of drug-likeness (QED) is 0.804. The molecule has 1 heterocycles. The Morgan fingerprint density at radius 3 is 2.56 bits per heavy atom. The third-order valence-electron chi connectivity index (χ3n) is 2.68. The van der Waals surface area contributed by atoms with Crippen LogP contribution in [-0.4, -0.2) is 9.59 Å². The third-order valence-corrected chi connectivity index (χ3v) is 3.54. The summed E-state index contributed by atoms with van der Waals surface area (Å²) in [5.74, 6) is 0. The SMILES string of the molecule is CCCCCC(N)c1snnc1C(C)(C)C. The van der Waals surface area contributed by atoms with E-state index in [1.165, 1.54) is 35.7 Å². The Balaban J connectivity index is 2.68. The van der Waals surface area contributed by atoms with Crippen molar-refractivity contribution in [2.45, 2.75) is 64.8 Å². The molecule has 3 nitrogen and oxygen atoms in total. The van der Waals surface area contributed by atoms with Crippen LogP contribution in [0.1, 0.15) is 70.0 Å². The van der Waals surface area contributed by atoms with Gasteiger partial charge in [-0.05, 0) is 18.0 Å². The molecule has 0 spiro atoms. The van der Waals surface area contributed by atoms with Crippen molar-refractivity contribution >= 4 is 11.5 Å². The van der Waals surface area contributed by atoms with Crippen LogP contribution < -0.4 is 5.73 Å². The minimum atomic E-state index is 0.0463. The average Bonchev–Trinajstić information content (AvgIpc) is 2.65. The number of hydrogen-bond donors (Lipinski definition) is 1. The summed E-state index contributed by atoms with van der Waals surface area (Å²) in [7, 11) is 0. The van der Waals surface area contributed by atoms with Crippen LogP contribution in [0, 0.1) is 0 Å². The maximum Gasteiger partial charge on any atom is 0.0856 e. The number of hydrogen-bond acceptors (Lipinski definition) is 4. The molecule has 0 saturated heterocycles. The van der Waals surface area contributed by atoms with Crippen LogP contribution in [0.25, 0.3) is 0 Å². The molecule has 1 atom stereocenters. The van der Waals surface area contributed by atoms with Gasteiger partial charge in [0.25, 0.3) is 0 Å². The van der Waals surface area contributed by atoms with Gasteiger partial charge in [0, 0.05) is 11.5 Å². The molecule has 0 fully saturated rings. The Morgan fingerprint density at radius 2 is 2.00 bits per heavy atom. The van der Waals surface area contributed by atoms with Crippen LogP contribution in [0.4, 0.5) is 0 Å². The van der Waals surface area contributed by atoms with Gasteiger partial charge in [-0.1, -0.05) is 51.4 Å². The minimum Gasteiger partial charge on any atom is -0.323 e. The molecule has 0 saturated carbocycles. The first-order valence-corrected chi connectivity index (χ1v) is 6.82. The number of nitrogens with two attached hydrogens (primary N) is 1. The number of aromatic nitrogens is 2. The lowest BCUT2D eigenvalue weighted by Gasteiger charge is -2.19. The van der Waals surface area contributed by atoms with Crippen molar-refractivity contribution in [3.63, 3.8) is 0 Å². The third kappa shape index (κ3) is 3.52. The number of unbranched alkanes of at least 4 members (excludes halogenated alkanes) is 2. The van der Waals surface area contributed by atoms with E-state index in [0.29, 0.717) is 0 Å². The van der Waals surface area contributed by atoms with E-state index in [1.54, 1.807) is 0 Å². The van der Waals surface area contributed by atoms with Gasteiger partial charge in [-0.2, -0.15) is 0 Å². The summed E-state index contributed by atoms with van der Waals surface area (Å²) in [5.41, 5.74) is 7.33. The lowest BCUT2D eigenvalue weighted by atomic mass is 9.89. The molecule has 0 aliphatic rings. The molecule has 0 amide bonds. The van der Waals surface area contributed by atoms with E-state index in [2.05, 4.69) is 37.3 Å². The summed E-state index contributed by atoms with van der Waals surface area (Å²) >= 11 is 1.46. The van der Waals surface area contributed by atoms with Crippen LogP contribution in [0.5, 0.6) is 0 Å². The normalized spacial score (nSPS) is 14.1. The molecule has 1 unspecified atom stereocenters. The lowest BCUT2D eigenvalue weighted by Crippen LogP contribution is -2.19. The van der Waals surface area contributed by atoms with E-state index in [-0.39, 0.29) is 11.5 Å². The molecule has 0 aromatic carbocycles. The van der Waals surface area contributed by atoms with Crippen molar-refractivity contribution in [3.05, 3.63) is 10.6 Å². The molecular weight excluding hydrogens is 218 g/mol. The van der Waals surface area contributed by atoms with Gasteiger partial charge in [0.1, 0.15) is 0 Å². The van der Waals surface area contributed by atoms with Crippen molar-refractivity contribution in [3.8, 4) is 0 Å². The average molecular weight is 241 g/mol. The van der Waals surface area contributed by atoms with Crippen LogP contribution in [-0.2, 0) is 5.41 Å². The van der Waals surface area contributed by atoms with E-state index >= 15 is 0 Å². The fraction of sp³-hybridized carbons (Fsp3) is 0.833. The van der Waals surface area contributed by atoms with Gasteiger partial charge in [-0.3, -0.25) is 0 Å². The summed E-state index contributed by atoms with van der Waals surface area (Å²) in [6.45, 7) is 8.68. The van der Waals surface area contributed by atoms with Gasteiger partial charge in [-0.25, -0.2) is 0 Å². The van der Waals surface area contributed by atoms with Crippen molar-refractivity contribution in [2.24, 2.45) is 5.73 Å². The molecular formula is C12H23N3S. The largest absolute Gasteiger partial charge is 0.323 e. The molecule has 1 rings (SSSR count). The topological polar surface area (TPSA) is 51.8 Å². The molecule has 4 heteroatoms. The molecule has 0 aliphatic heterocycles. The van der Waals surface area contributed by atoms with Gasteiger partial charge < -0.3 is 5.73 Å². The van der Waals surface area contributed by atoms with Gasteiger partial charge in [0.05, 0.1) is 10.6 Å².